The molecule has 0 bridgehead atoms. The van der Waals surface area contributed by atoms with Crippen LogP contribution in [0.5, 0.6) is 0 Å². The monoisotopic (exact) mass is 415 g/mol. The fraction of sp³-hybridized carbons (Fsp3) is 0.500. The highest BCUT2D eigenvalue weighted by Gasteiger charge is 2.28. The number of hydrogen-bond acceptors (Lipinski definition) is 5. The number of amides is 2. The second-order valence-electron chi connectivity index (χ2n) is 6.50. The number of likely N-dealkylation sites (tertiary alicyclic amines) is 1. The first-order valence-corrected chi connectivity index (χ1v) is 9.35. The maximum atomic E-state index is 12.4. The summed E-state index contributed by atoms with van der Waals surface area (Å²) in [7, 11) is 3.06. The Morgan fingerprint density at radius 3 is 2.33 bits per heavy atom. The number of halogens is 2. The van der Waals surface area contributed by atoms with Crippen LogP contribution in [-0.2, 0) is 19.1 Å². The summed E-state index contributed by atoms with van der Waals surface area (Å²) in [6.07, 6.45) is 1.18. The molecule has 0 spiro atoms. The Hall–Kier alpha value is -1.83. The van der Waals surface area contributed by atoms with Gasteiger partial charge in [-0.1, -0.05) is 29.3 Å². The Morgan fingerprint density at radius 1 is 1.19 bits per heavy atom. The number of nitrogens with zero attached hydrogens (tertiary/aromatic N) is 2. The number of esters is 1. The Morgan fingerprint density at radius 2 is 1.78 bits per heavy atom. The van der Waals surface area contributed by atoms with Gasteiger partial charge in [0.15, 0.2) is 0 Å². The van der Waals surface area contributed by atoms with Gasteiger partial charge in [-0.3, -0.25) is 19.3 Å². The van der Waals surface area contributed by atoms with Crippen molar-refractivity contribution in [2.45, 2.75) is 12.8 Å². The molecule has 1 fully saturated rings. The topological polar surface area (TPSA) is 79.0 Å². The summed E-state index contributed by atoms with van der Waals surface area (Å²) < 4.78 is 4.75. The highest BCUT2D eigenvalue weighted by molar-refractivity contribution is 6.39. The number of piperidine rings is 1. The van der Waals surface area contributed by atoms with Gasteiger partial charge in [-0.2, -0.15) is 0 Å². The molecule has 1 aromatic rings. The third-order valence-corrected chi connectivity index (χ3v) is 5.06. The molecule has 1 aromatic carbocycles. The van der Waals surface area contributed by atoms with E-state index in [9.17, 15) is 14.4 Å². The van der Waals surface area contributed by atoms with Gasteiger partial charge in [0.05, 0.1) is 41.8 Å². The van der Waals surface area contributed by atoms with Crippen LogP contribution in [0.1, 0.15) is 12.8 Å². The number of para-hydroxylation sites is 1. The van der Waals surface area contributed by atoms with Crippen LogP contribution in [0.2, 0.25) is 10.0 Å². The molecule has 2 amide bonds. The minimum atomic E-state index is -0.315. The van der Waals surface area contributed by atoms with Crippen molar-refractivity contribution in [3.8, 4) is 0 Å². The molecule has 0 radical (unpaired) electrons. The Kier molecular flexibility index (Phi) is 7.89. The lowest BCUT2D eigenvalue weighted by Crippen LogP contribution is -2.45. The van der Waals surface area contributed by atoms with E-state index >= 15 is 0 Å². The van der Waals surface area contributed by atoms with E-state index in [1.165, 1.54) is 7.11 Å². The summed E-state index contributed by atoms with van der Waals surface area (Å²) in [5.41, 5.74) is 0.357. The lowest BCUT2D eigenvalue weighted by molar-refractivity contribution is -0.149. The Labute approximate surface area is 168 Å². The smallest absolute Gasteiger partial charge is 0.308 e. The predicted octanol–water partition coefficient (Wildman–Crippen LogP) is 2.28. The van der Waals surface area contributed by atoms with Gasteiger partial charge in [0.1, 0.15) is 0 Å². The Balaban J connectivity index is 1.80. The number of hydrogen-bond donors (Lipinski definition) is 1. The molecule has 0 atom stereocenters. The van der Waals surface area contributed by atoms with Gasteiger partial charge in [-0.05, 0) is 32.0 Å². The summed E-state index contributed by atoms with van der Waals surface area (Å²) in [6, 6.07) is 4.96. The molecule has 1 heterocycles. The predicted molar refractivity (Wildman–Crippen MR) is 104 cm³/mol. The van der Waals surface area contributed by atoms with Crippen LogP contribution in [0.4, 0.5) is 5.69 Å². The highest BCUT2D eigenvalue weighted by Crippen LogP contribution is 2.29. The molecule has 0 aromatic heterocycles. The van der Waals surface area contributed by atoms with Gasteiger partial charge in [0.2, 0.25) is 11.8 Å². The fourth-order valence-electron chi connectivity index (χ4n) is 2.96. The molecule has 27 heavy (non-hydrogen) atoms. The number of nitrogens with one attached hydrogen (secondary N) is 1. The lowest BCUT2D eigenvalue weighted by atomic mass is 9.97. The zero-order chi connectivity index (χ0) is 20.0. The van der Waals surface area contributed by atoms with Gasteiger partial charge in [-0.15, -0.1) is 0 Å². The molecule has 1 saturated heterocycles. The third kappa shape index (κ3) is 6.09. The van der Waals surface area contributed by atoms with Crippen molar-refractivity contribution >= 4 is 46.7 Å². The number of carbonyl (C=O) groups is 3. The van der Waals surface area contributed by atoms with E-state index in [4.69, 9.17) is 27.9 Å². The maximum absolute atomic E-state index is 12.4. The maximum Gasteiger partial charge on any atom is 0.308 e. The van der Waals surface area contributed by atoms with E-state index in [1.54, 1.807) is 35.0 Å². The standard InChI is InChI=1S/C18H23Cl2N3O4/c1-22(10-15(24)21-17-13(19)4-3-5-14(17)20)11-16(25)23-8-6-12(7-9-23)18(26)27-2/h3-5,12H,6-11H2,1-2H3,(H,21,24). The van der Waals surface area contributed by atoms with E-state index in [2.05, 4.69) is 5.32 Å². The van der Waals surface area contributed by atoms with Crippen LogP contribution in [0.25, 0.3) is 0 Å². The molecular weight excluding hydrogens is 393 g/mol. The van der Waals surface area contributed by atoms with E-state index in [-0.39, 0.29) is 36.8 Å². The average molecular weight is 416 g/mol. The first-order chi connectivity index (χ1) is 12.8. The van der Waals surface area contributed by atoms with E-state index in [1.807, 2.05) is 0 Å². The molecule has 0 unspecified atom stereocenters. The molecule has 1 aliphatic rings. The summed E-state index contributed by atoms with van der Waals surface area (Å²) in [4.78, 5) is 39.5. The van der Waals surface area contributed by atoms with Crippen molar-refractivity contribution in [2.75, 3.05) is 45.7 Å². The molecule has 1 aliphatic heterocycles. The van der Waals surface area contributed by atoms with Gasteiger partial charge in [0.25, 0.3) is 0 Å². The molecule has 0 saturated carbocycles. The van der Waals surface area contributed by atoms with Crippen LogP contribution >= 0.6 is 23.2 Å². The van der Waals surface area contributed by atoms with Gasteiger partial charge in [-0.25, -0.2) is 0 Å². The van der Waals surface area contributed by atoms with Crippen molar-refractivity contribution in [3.05, 3.63) is 28.2 Å². The van der Waals surface area contributed by atoms with Gasteiger partial charge < -0.3 is 15.0 Å². The first-order valence-electron chi connectivity index (χ1n) is 8.59. The average Bonchev–Trinajstić information content (AvgIpc) is 2.64. The minimum absolute atomic E-state index is 0.0198. The molecule has 7 nitrogen and oxygen atoms in total. The van der Waals surface area contributed by atoms with Crippen LogP contribution in [0.3, 0.4) is 0 Å². The van der Waals surface area contributed by atoms with Crippen molar-refractivity contribution in [1.82, 2.24) is 9.80 Å². The normalized spacial score (nSPS) is 14.9. The number of methoxy groups -OCH3 is 1. The zero-order valence-electron chi connectivity index (χ0n) is 15.3. The Bertz CT molecular complexity index is 686. The minimum Gasteiger partial charge on any atom is -0.469 e. The first kappa shape index (κ1) is 21.5. The van der Waals surface area contributed by atoms with Gasteiger partial charge >= 0.3 is 5.97 Å². The molecule has 148 valence electrons. The second kappa shape index (κ2) is 9.92. The summed E-state index contributed by atoms with van der Waals surface area (Å²) >= 11 is 12.1. The number of rotatable bonds is 6. The number of carbonyl (C=O) groups excluding carboxylic acids is 3. The van der Waals surface area contributed by atoms with Crippen molar-refractivity contribution in [1.29, 1.82) is 0 Å². The largest absolute Gasteiger partial charge is 0.469 e. The van der Waals surface area contributed by atoms with Crippen LogP contribution in [0.15, 0.2) is 18.2 Å². The molecule has 2 rings (SSSR count). The number of benzene rings is 1. The number of ether oxygens (including phenoxy) is 1. The summed E-state index contributed by atoms with van der Waals surface area (Å²) in [6.45, 7) is 1.14. The van der Waals surface area contributed by atoms with Crippen LogP contribution < -0.4 is 5.32 Å². The second-order valence-corrected chi connectivity index (χ2v) is 7.31. The molecule has 0 aliphatic carbocycles. The third-order valence-electron chi connectivity index (χ3n) is 4.43. The molecular formula is C18H23Cl2N3O4. The SMILES string of the molecule is COC(=O)C1CCN(C(=O)CN(C)CC(=O)Nc2c(Cl)cccc2Cl)CC1. The van der Waals surface area contributed by atoms with E-state index in [0.717, 1.165) is 0 Å². The van der Waals surface area contributed by atoms with E-state index in [0.29, 0.717) is 41.7 Å². The fourth-order valence-corrected chi connectivity index (χ4v) is 3.45. The number of likely N-dealkylation sites (N-methyl/N-ethyl adjacent to an activating group) is 1. The molecule has 1 N–H and O–H groups in total. The lowest BCUT2D eigenvalue weighted by Gasteiger charge is -2.31. The zero-order valence-corrected chi connectivity index (χ0v) is 16.8. The number of anilines is 1. The summed E-state index contributed by atoms with van der Waals surface area (Å²) in [5, 5.41) is 3.37. The molecule has 9 heteroatoms. The van der Waals surface area contributed by atoms with Gasteiger partial charge in [0, 0.05) is 13.1 Å². The van der Waals surface area contributed by atoms with Crippen LogP contribution in [-0.4, -0.2) is 67.9 Å². The van der Waals surface area contributed by atoms with Crippen molar-refractivity contribution in [3.63, 3.8) is 0 Å². The summed E-state index contributed by atoms with van der Waals surface area (Å²) in [5.74, 6) is -0.772. The van der Waals surface area contributed by atoms with E-state index < -0.39 is 0 Å². The quantitative estimate of drug-likeness (QED) is 0.720. The highest BCUT2D eigenvalue weighted by atomic mass is 35.5. The van der Waals surface area contributed by atoms with Crippen LogP contribution in [0, 0.1) is 5.92 Å². The van der Waals surface area contributed by atoms with Crippen molar-refractivity contribution in [2.24, 2.45) is 5.92 Å². The van der Waals surface area contributed by atoms with Crippen molar-refractivity contribution < 1.29 is 19.1 Å².